The number of H-pyrrole nitrogens is 2. The third-order valence-corrected chi connectivity index (χ3v) is 22.0. The second-order valence-electron chi connectivity index (χ2n) is 30.6. The zero-order valence-electron chi connectivity index (χ0n) is 66.7. The van der Waals surface area contributed by atoms with E-state index in [1.807, 2.05) is 45.0 Å². The Morgan fingerprint density at radius 2 is 0.975 bits per heavy atom. The summed E-state index contributed by atoms with van der Waals surface area (Å²) in [6.45, 7) is 6.21. The highest BCUT2D eigenvalue weighted by atomic mass is 35.5. The minimum absolute atomic E-state index is 0.0347. The molecule has 4 aromatic carbocycles. The van der Waals surface area contributed by atoms with Crippen molar-refractivity contribution in [3.63, 3.8) is 0 Å². The second-order valence-corrected chi connectivity index (χ2v) is 31.5. The molecule has 0 bridgehead atoms. The number of aromatic nitrogens is 4. The SMILES string of the molecule is CCCC[C@H](NC(=O)[C@H](CC(C)C)NC(=O)[C@@H](Cc1c[nH]c2ccccc12)NC(=O)[C@H](Cc1ccccc1)NC(=O)[C@@H](Cc1c[nH]c2ccccc12)NC(=O)[C@H](CC(N)=O)NC(=O)[C@@H](Cc1ccc(Cl)c(Cl)c1)NC(=O)[C@@H]1CCCN1C(=O)[C@H](Cc1cccnc1)NC(=O)[C@@H]1CCCN1C(=O)[C@H](N)CCCCNC(=O)c1cccnc1)C(N)=O. The van der Waals surface area contributed by atoms with E-state index < -0.39 is 144 Å². The Labute approximate surface area is 699 Å². The Hall–Kier alpha value is -12.1. The van der Waals surface area contributed by atoms with E-state index in [1.165, 1.54) is 34.3 Å². The highest BCUT2D eigenvalue weighted by Gasteiger charge is 2.43. The molecule has 4 aromatic heterocycles. The van der Waals surface area contributed by atoms with Crippen molar-refractivity contribution < 1.29 is 62.3 Å². The van der Waals surface area contributed by atoms with E-state index in [2.05, 4.69) is 67.8 Å². The van der Waals surface area contributed by atoms with Gasteiger partial charge in [-0.15, -0.1) is 0 Å². The van der Waals surface area contributed by atoms with Gasteiger partial charge in [-0.25, -0.2) is 0 Å². The normalized spacial score (nSPS) is 16.2. The lowest BCUT2D eigenvalue weighted by Crippen LogP contribution is -2.61. The van der Waals surface area contributed by atoms with Gasteiger partial charge in [0, 0.05) is 111 Å². The number of carbonyl (C=O) groups excluding carboxylic acids is 13. The first-order valence-corrected chi connectivity index (χ1v) is 41.0. The predicted molar refractivity (Wildman–Crippen MR) is 448 cm³/mol. The third-order valence-electron chi connectivity index (χ3n) is 21.2. The molecule has 119 heavy (non-hydrogen) atoms. The highest BCUT2D eigenvalue weighted by Crippen LogP contribution is 2.28. The van der Waals surface area contributed by atoms with Crippen LogP contribution in [0.15, 0.2) is 159 Å². The van der Waals surface area contributed by atoms with Gasteiger partial charge in [-0.1, -0.05) is 136 Å². The van der Waals surface area contributed by atoms with E-state index in [-0.39, 0.29) is 99.2 Å². The number of nitrogens with two attached hydrogens (primary N) is 3. The molecule has 13 amide bonds. The number of pyridine rings is 2. The van der Waals surface area contributed by atoms with Crippen LogP contribution < -0.4 is 65.1 Å². The van der Waals surface area contributed by atoms with Crippen LogP contribution in [0.4, 0.5) is 0 Å². The summed E-state index contributed by atoms with van der Waals surface area (Å²) in [5.74, 6) is -10.2. The molecule has 0 unspecified atom stereocenters. The van der Waals surface area contributed by atoms with Crippen molar-refractivity contribution in [1.82, 2.24) is 77.6 Å². The highest BCUT2D eigenvalue weighted by molar-refractivity contribution is 6.42. The van der Waals surface area contributed by atoms with Crippen molar-refractivity contribution in [2.24, 2.45) is 23.1 Å². The minimum Gasteiger partial charge on any atom is -0.370 e. The average molecular weight is 1670 g/mol. The van der Waals surface area contributed by atoms with Crippen molar-refractivity contribution in [1.29, 1.82) is 0 Å². The number of rotatable bonds is 42. The molecule has 0 radical (unpaired) electrons. The van der Waals surface area contributed by atoms with E-state index in [4.69, 9.17) is 40.4 Å². The number of aromatic amines is 2. The Morgan fingerprint density at radius 1 is 0.487 bits per heavy atom. The molecule has 0 saturated carbocycles. The number of halogens is 2. The fourth-order valence-electron chi connectivity index (χ4n) is 15.0. The summed E-state index contributed by atoms with van der Waals surface area (Å²) < 4.78 is 0. The van der Waals surface area contributed by atoms with Gasteiger partial charge in [0.15, 0.2) is 0 Å². The number of likely N-dealkylation sites (tertiary alicyclic amines) is 2. The summed E-state index contributed by atoms with van der Waals surface area (Å²) in [4.78, 5) is 205. The first-order chi connectivity index (χ1) is 57.2. The number of hydrogen-bond donors (Lipinski definition) is 14. The smallest absolute Gasteiger partial charge is 0.252 e. The summed E-state index contributed by atoms with van der Waals surface area (Å²) in [5, 5.41) is 26.8. The molecule has 33 heteroatoms. The number of fused-ring (bicyclic) bond motifs is 2. The molecule has 0 spiro atoms. The van der Waals surface area contributed by atoms with Crippen LogP contribution in [0.5, 0.6) is 0 Å². The van der Waals surface area contributed by atoms with Crippen molar-refractivity contribution in [2.75, 3.05) is 19.6 Å². The van der Waals surface area contributed by atoms with Crippen molar-refractivity contribution in [3.05, 3.63) is 202 Å². The largest absolute Gasteiger partial charge is 0.370 e. The molecule has 8 aromatic rings. The fraction of sp³-hybridized carbons (Fsp3) is 0.407. The standard InChI is InChI=1S/C86H104Cl2N18O13/c1-4-5-26-64(75(91)108)97-77(110)65(38-50(2)3)98-80(113)68(43-55-48-95-62-27-11-9-23-57(55)62)100-78(111)66(40-51-19-7-6-8-20-51)99-81(114)69(44-56-49-96-63-28-12-10-24-58(56)63)101-82(115)70(45-74(90)107)102-79(112)67(41-52-31-32-59(87)60(88)39-52)103-83(116)73-30-18-37-106(73)86(119)71(42-53-21-15-33-92-46-53)104-84(117)72-29-17-36-105(72)85(118)61(89)25-13-14-35-94-76(109)54-22-16-34-93-47-54/h6-12,15-16,19-24,27-28,31-34,39,46-50,61,64-73,95-96H,4-5,13-14,17-18,25-26,29-30,35-38,40-45,89H2,1-3H3,(H2,90,107)(H2,91,108)(H,94,109)(H,97,110)(H,98,113)(H,99,114)(H,100,111)(H,101,115)(H,102,112)(H,103,116)(H,104,117)/t61-,64+,65+,66+,67-,68-,69-,70+,71+,72+,73+/m1/s1. The molecule has 2 saturated heterocycles. The Kier molecular flexibility index (Phi) is 32.5. The summed E-state index contributed by atoms with van der Waals surface area (Å²) in [7, 11) is 0. The number of primary amides is 2. The predicted octanol–water partition coefficient (Wildman–Crippen LogP) is 4.64. The maximum Gasteiger partial charge on any atom is 0.252 e. The summed E-state index contributed by atoms with van der Waals surface area (Å²) >= 11 is 12.9. The topological polar surface area (TPSA) is 472 Å². The maximum absolute atomic E-state index is 15.5. The van der Waals surface area contributed by atoms with Crippen LogP contribution in [0.3, 0.4) is 0 Å². The summed E-state index contributed by atoms with van der Waals surface area (Å²) in [6.07, 6.45) is 11.7. The number of hydrogen-bond acceptors (Lipinski definition) is 16. The van der Waals surface area contributed by atoms with Crippen LogP contribution in [-0.4, -0.2) is 193 Å². The molecule has 2 aliphatic heterocycles. The van der Waals surface area contributed by atoms with Crippen LogP contribution in [0.1, 0.15) is 136 Å². The van der Waals surface area contributed by atoms with Crippen molar-refractivity contribution >= 4 is 122 Å². The van der Waals surface area contributed by atoms with Gasteiger partial charge >= 0.3 is 0 Å². The van der Waals surface area contributed by atoms with Gasteiger partial charge in [0.2, 0.25) is 70.9 Å². The number of carbonyl (C=O) groups is 13. The quantitative estimate of drug-likeness (QED) is 0.0232. The van der Waals surface area contributed by atoms with E-state index >= 15 is 33.6 Å². The molecule has 11 atom stereocenters. The molecular weight excluding hydrogens is 1560 g/mol. The number of nitrogens with zero attached hydrogens (tertiary/aromatic N) is 4. The fourth-order valence-corrected chi connectivity index (χ4v) is 15.3. The maximum atomic E-state index is 15.5. The van der Waals surface area contributed by atoms with Crippen LogP contribution in [0.25, 0.3) is 21.8 Å². The minimum atomic E-state index is -1.87. The van der Waals surface area contributed by atoms with Gasteiger partial charge < -0.3 is 84.8 Å². The van der Waals surface area contributed by atoms with Gasteiger partial charge in [0.05, 0.1) is 28.1 Å². The first kappa shape index (κ1) is 89.3. The monoisotopic (exact) mass is 1670 g/mol. The van der Waals surface area contributed by atoms with Gasteiger partial charge in [-0.05, 0) is 134 Å². The number of amides is 13. The molecule has 31 nitrogen and oxygen atoms in total. The molecule has 17 N–H and O–H groups in total. The third kappa shape index (κ3) is 25.2. The average Bonchev–Trinajstić information content (AvgIpc) is 1.74. The van der Waals surface area contributed by atoms with E-state index in [9.17, 15) is 28.8 Å². The Balaban J connectivity index is 0.886. The number of benzene rings is 4. The van der Waals surface area contributed by atoms with Crippen molar-refractivity contribution in [3.8, 4) is 0 Å². The first-order valence-electron chi connectivity index (χ1n) is 40.2. The molecule has 2 aliphatic rings. The lowest BCUT2D eigenvalue weighted by molar-refractivity contribution is -0.144. The number of unbranched alkanes of at least 4 members (excludes halogenated alkanes) is 2. The van der Waals surface area contributed by atoms with Crippen LogP contribution >= 0.6 is 23.2 Å². The number of nitrogens with one attached hydrogen (secondary N) is 11. The number of para-hydroxylation sites is 2. The summed E-state index contributed by atoms with van der Waals surface area (Å²) in [6, 6.07) is 19.4. The molecular formula is C86H104Cl2N18O13. The molecule has 6 heterocycles. The lowest BCUT2D eigenvalue weighted by atomic mass is 9.99. The summed E-state index contributed by atoms with van der Waals surface area (Å²) in [5.41, 5.74) is 22.5. The molecule has 10 rings (SSSR count). The zero-order valence-corrected chi connectivity index (χ0v) is 68.2. The van der Waals surface area contributed by atoms with Gasteiger partial charge in [0.25, 0.3) is 5.91 Å². The second kappa shape index (κ2) is 43.4. The van der Waals surface area contributed by atoms with Gasteiger partial charge in [-0.2, -0.15) is 0 Å². The Bertz CT molecular complexity index is 4900. The zero-order chi connectivity index (χ0) is 85.2. The van der Waals surface area contributed by atoms with Crippen LogP contribution in [0, 0.1) is 5.92 Å². The van der Waals surface area contributed by atoms with Crippen molar-refractivity contribution in [2.45, 2.75) is 196 Å². The van der Waals surface area contributed by atoms with Crippen LogP contribution in [0.2, 0.25) is 10.0 Å². The van der Waals surface area contributed by atoms with Gasteiger partial charge in [0.1, 0.15) is 60.4 Å². The molecule has 0 aliphatic carbocycles. The molecule has 630 valence electrons. The van der Waals surface area contributed by atoms with Gasteiger partial charge in [-0.3, -0.25) is 72.3 Å². The van der Waals surface area contributed by atoms with E-state index in [1.54, 1.807) is 110 Å². The Morgan fingerprint density at radius 3 is 1.52 bits per heavy atom. The van der Waals surface area contributed by atoms with Crippen LogP contribution in [-0.2, 0) is 89.6 Å². The molecule has 2 fully saturated rings. The lowest BCUT2D eigenvalue weighted by Gasteiger charge is -2.32. The van der Waals surface area contributed by atoms with E-state index in [0.29, 0.717) is 89.4 Å². The van der Waals surface area contributed by atoms with E-state index in [0.717, 1.165) is 10.9 Å².